The predicted octanol–water partition coefficient (Wildman–Crippen LogP) is 3.17. The second-order valence-electron chi connectivity index (χ2n) is 6.30. The number of amides is 1. The van der Waals surface area contributed by atoms with Gasteiger partial charge in [0, 0.05) is 29.9 Å². The smallest absolute Gasteiger partial charge is 0.251 e. The van der Waals surface area contributed by atoms with Crippen LogP contribution in [0, 0.1) is 13.8 Å². The molecule has 126 valence electrons. The zero-order valence-electron chi connectivity index (χ0n) is 14.1. The van der Waals surface area contributed by atoms with E-state index in [1.807, 2.05) is 19.1 Å². The average Bonchev–Trinajstić information content (AvgIpc) is 3.21. The van der Waals surface area contributed by atoms with E-state index >= 15 is 0 Å². The summed E-state index contributed by atoms with van der Waals surface area (Å²) in [6.07, 6.45) is 3.46. The first-order valence-corrected chi connectivity index (χ1v) is 8.27. The standard InChI is InChI=1S/C19H18N4O2/c1-11-9-15(7-8-20-11)19(24)22-17-6-4-13-10-14(3-5-16(13)17)18-21-12(2)25-23-18/h3,5,7-10,17H,4,6H2,1-2H3,(H,22,24). The zero-order chi connectivity index (χ0) is 17.4. The number of aryl methyl sites for hydroxylation is 3. The third-order valence-electron chi connectivity index (χ3n) is 4.47. The monoisotopic (exact) mass is 334 g/mol. The van der Waals surface area contributed by atoms with E-state index in [1.54, 1.807) is 25.3 Å². The van der Waals surface area contributed by atoms with Crippen molar-refractivity contribution in [1.29, 1.82) is 0 Å². The molecule has 1 aliphatic rings. The Hall–Kier alpha value is -3.02. The summed E-state index contributed by atoms with van der Waals surface area (Å²) in [6, 6.07) is 9.67. The van der Waals surface area contributed by atoms with Crippen molar-refractivity contribution < 1.29 is 9.32 Å². The van der Waals surface area contributed by atoms with Crippen LogP contribution in [-0.4, -0.2) is 21.0 Å². The fraction of sp³-hybridized carbons (Fsp3) is 0.263. The van der Waals surface area contributed by atoms with Crippen LogP contribution in [0.25, 0.3) is 11.4 Å². The number of carbonyl (C=O) groups is 1. The molecule has 1 unspecified atom stereocenters. The maximum absolute atomic E-state index is 12.5. The molecule has 0 saturated heterocycles. The van der Waals surface area contributed by atoms with Crippen LogP contribution in [-0.2, 0) is 6.42 Å². The quantitative estimate of drug-likeness (QED) is 0.796. The zero-order valence-corrected chi connectivity index (χ0v) is 14.1. The van der Waals surface area contributed by atoms with Gasteiger partial charge in [0.05, 0.1) is 6.04 Å². The van der Waals surface area contributed by atoms with Gasteiger partial charge >= 0.3 is 0 Å². The number of aromatic nitrogens is 3. The molecule has 0 aliphatic heterocycles. The van der Waals surface area contributed by atoms with Crippen LogP contribution >= 0.6 is 0 Å². The van der Waals surface area contributed by atoms with Crippen LogP contribution in [0.4, 0.5) is 0 Å². The molecule has 6 nitrogen and oxygen atoms in total. The van der Waals surface area contributed by atoms with Gasteiger partial charge < -0.3 is 9.84 Å². The number of hydrogen-bond donors (Lipinski definition) is 1. The van der Waals surface area contributed by atoms with Crippen molar-refractivity contribution >= 4 is 5.91 Å². The number of rotatable bonds is 3. The minimum Gasteiger partial charge on any atom is -0.345 e. The van der Waals surface area contributed by atoms with E-state index in [0.717, 1.165) is 29.7 Å². The van der Waals surface area contributed by atoms with E-state index in [4.69, 9.17) is 4.52 Å². The van der Waals surface area contributed by atoms with Crippen molar-refractivity contribution in [3.05, 3.63) is 64.8 Å². The number of carbonyl (C=O) groups excluding carboxylic acids is 1. The van der Waals surface area contributed by atoms with Crippen molar-refractivity contribution in [3.63, 3.8) is 0 Å². The van der Waals surface area contributed by atoms with Crippen LogP contribution in [0.5, 0.6) is 0 Å². The molecule has 0 saturated carbocycles. The number of nitrogens with one attached hydrogen (secondary N) is 1. The summed E-state index contributed by atoms with van der Waals surface area (Å²) >= 11 is 0. The van der Waals surface area contributed by atoms with Crippen molar-refractivity contribution in [2.75, 3.05) is 0 Å². The lowest BCUT2D eigenvalue weighted by atomic mass is 10.0. The van der Waals surface area contributed by atoms with Gasteiger partial charge in [-0.15, -0.1) is 0 Å². The van der Waals surface area contributed by atoms with E-state index in [-0.39, 0.29) is 11.9 Å². The highest BCUT2D eigenvalue weighted by Crippen LogP contribution is 2.33. The summed E-state index contributed by atoms with van der Waals surface area (Å²) in [5, 5.41) is 7.09. The van der Waals surface area contributed by atoms with Crippen molar-refractivity contribution in [3.8, 4) is 11.4 Å². The lowest BCUT2D eigenvalue weighted by Crippen LogP contribution is -2.27. The van der Waals surface area contributed by atoms with Gasteiger partial charge in [0.2, 0.25) is 11.7 Å². The van der Waals surface area contributed by atoms with E-state index in [1.165, 1.54) is 5.56 Å². The summed E-state index contributed by atoms with van der Waals surface area (Å²) in [5.74, 6) is 1.08. The van der Waals surface area contributed by atoms with Gasteiger partial charge in [-0.2, -0.15) is 4.98 Å². The largest absolute Gasteiger partial charge is 0.345 e. The molecule has 1 N–H and O–H groups in total. The lowest BCUT2D eigenvalue weighted by molar-refractivity contribution is 0.0936. The van der Waals surface area contributed by atoms with Crippen molar-refractivity contribution in [2.24, 2.45) is 0 Å². The van der Waals surface area contributed by atoms with Crippen LogP contribution in [0.15, 0.2) is 41.1 Å². The molecule has 1 aliphatic carbocycles. The van der Waals surface area contributed by atoms with Crippen LogP contribution in [0.2, 0.25) is 0 Å². The molecule has 0 radical (unpaired) electrons. The second-order valence-corrected chi connectivity index (χ2v) is 6.30. The number of hydrogen-bond acceptors (Lipinski definition) is 5. The Bertz CT molecular complexity index is 948. The Balaban J connectivity index is 1.55. The molecule has 25 heavy (non-hydrogen) atoms. The predicted molar refractivity (Wildman–Crippen MR) is 92.0 cm³/mol. The van der Waals surface area contributed by atoms with Gasteiger partial charge in [-0.25, -0.2) is 0 Å². The summed E-state index contributed by atoms with van der Waals surface area (Å²) in [5.41, 5.74) is 4.78. The fourth-order valence-corrected chi connectivity index (χ4v) is 3.25. The number of fused-ring (bicyclic) bond motifs is 1. The molecule has 0 spiro atoms. The Kier molecular flexibility index (Phi) is 3.80. The molecule has 6 heteroatoms. The highest BCUT2D eigenvalue weighted by molar-refractivity contribution is 5.94. The molecule has 2 aromatic heterocycles. The lowest BCUT2D eigenvalue weighted by Gasteiger charge is -2.14. The maximum atomic E-state index is 12.5. The number of nitrogens with zero attached hydrogens (tertiary/aromatic N) is 3. The first-order valence-electron chi connectivity index (χ1n) is 8.27. The van der Waals surface area contributed by atoms with Crippen LogP contribution in [0.3, 0.4) is 0 Å². The Morgan fingerprint density at radius 1 is 1.24 bits per heavy atom. The SMILES string of the molecule is Cc1cc(C(=O)NC2CCc3cc(-c4noc(C)n4)ccc32)ccn1. The Morgan fingerprint density at radius 3 is 2.88 bits per heavy atom. The molecule has 3 aromatic rings. The van der Waals surface area contributed by atoms with Crippen LogP contribution in [0.1, 0.15) is 45.5 Å². The minimum atomic E-state index is -0.0683. The molecule has 1 aromatic carbocycles. The van der Waals surface area contributed by atoms with Gasteiger partial charge in [0.15, 0.2) is 0 Å². The Morgan fingerprint density at radius 2 is 2.12 bits per heavy atom. The van der Waals surface area contributed by atoms with E-state index < -0.39 is 0 Å². The normalized spacial score (nSPS) is 15.8. The minimum absolute atomic E-state index is 0.0250. The van der Waals surface area contributed by atoms with E-state index in [2.05, 4.69) is 26.5 Å². The molecular formula is C19H18N4O2. The third-order valence-corrected chi connectivity index (χ3v) is 4.47. The molecule has 2 heterocycles. The van der Waals surface area contributed by atoms with Gasteiger partial charge in [-0.1, -0.05) is 17.3 Å². The summed E-state index contributed by atoms with van der Waals surface area (Å²) < 4.78 is 5.05. The molecular weight excluding hydrogens is 316 g/mol. The topological polar surface area (TPSA) is 80.9 Å². The van der Waals surface area contributed by atoms with Gasteiger partial charge in [0.1, 0.15) is 0 Å². The Labute approximate surface area is 145 Å². The molecule has 0 bridgehead atoms. The van der Waals surface area contributed by atoms with Crippen molar-refractivity contribution in [2.45, 2.75) is 32.7 Å². The summed E-state index contributed by atoms with van der Waals surface area (Å²) in [7, 11) is 0. The number of benzene rings is 1. The fourth-order valence-electron chi connectivity index (χ4n) is 3.25. The third kappa shape index (κ3) is 3.03. The first-order chi connectivity index (χ1) is 12.1. The van der Waals surface area contributed by atoms with E-state index in [9.17, 15) is 4.79 Å². The van der Waals surface area contributed by atoms with Gasteiger partial charge in [-0.05, 0) is 49.1 Å². The highest BCUT2D eigenvalue weighted by atomic mass is 16.5. The number of pyridine rings is 1. The first kappa shape index (κ1) is 15.5. The maximum Gasteiger partial charge on any atom is 0.251 e. The van der Waals surface area contributed by atoms with Gasteiger partial charge in [0.25, 0.3) is 5.91 Å². The van der Waals surface area contributed by atoms with Crippen molar-refractivity contribution in [1.82, 2.24) is 20.4 Å². The van der Waals surface area contributed by atoms with Gasteiger partial charge in [-0.3, -0.25) is 9.78 Å². The molecule has 1 atom stereocenters. The summed E-state index contributed by atoms with van der Waals surface area (Å²) in [4.78, 5) is 20.9. The highest BCUT2D eigenvalue weighted by Gasteiger charge is 2.25. The molecule has 0 fully saturated rings. The molecule has 1 amide bonds. The average molecular weight is 334 g/mol. The van der Waals surface area contributed by atoms with E-state index in [0.29, 0.717) is 17.3 Å². The summed E-state index contributed by atoms with van der Waals surface area (Å²) in [6.45, 7) is 3.65. The van der Waals surface area contributed by atoms with Crippen LogP contribution < -0.4 is 5.32 Å². The second kappa shape index (κ2) is 6.12. The molecule has 4 rings (SSSR count).